The summed E-state index contributed by atoms with van der Waals surface area (Å²) in [6.07, 6.45) is 0. The van der Waals surface area contributed by atoms with Crippen LogP contribution in [-0.4, -0.2) is 32.1 Å². The third-order valence-corrected chi connectivity index (χ3v) is 2.79. The Morgan fingerprint density at radius 1 is 1.26 bits per heavy atom. The van der Waals surface area contributed by atoms with E-state index in [4.69, 9.17) is 0 Å². The first-order valence-electron chi connectivity index (χ1n) is 6.83. The third kappa shape index (κ3) is 5.75. The van der Waals surface area contributed by atoms with E-state index in [1.54, 1.807) is 0 Å². The van der Waals surface area contributed by atoms with Gasteiger partial charge in [0.2, 0.25) is 5.91 Å². The largest absolute Gasteiger partial charge is 0.365 e. The average molecular weight is 263 g/mol. The molecular weight excluding hydrogens is 238 g/mol. The number of anilines is 1. The van der Waals surface area contributed by atoms with Crippen LogP contribution in [0, 0.1) is 0 Å². The molecule has 0 fully saturated rings. The Hall–Kier alpha value is -1.55. The summed E-state index contributed by atoms with van der Waals surface area (Å²) in [6.45, 7) is 8.26. The normalized spacial score (nSPS) is 10.6. The average Bonchev–Trinajstić information content (AvgIpc) is 2.35. The quantitative estimate of drug-likeness (QED) is 0.788. The molecule has 0 aliphatic rings. The molecule has 0 saturated carbocycles. The third-order valence-electron chi connectivity index (χ3n) is 2.79. The molecule has 1 aromatic carbocycles. The molecule has 0 aliphatic carbocycles. The van der Waals surface area contributed by atoms with Crippen LogP contribution in [0.3, 0.4) is 0 Å². The number of rotatable bonds is 7. The van der Waals surface area contributed by atoms with Crippen LogP contribution >= 0.6 is 0 Å². The second-order valence-electron chi connectivity index (χ2n) is 5.03. The van der Waals surface area contributed by atoms with Crippen molar-refractivity contribution in [2.24, 2.45) is 0 Å². The minimum absolute atomic E-state index is 0.0502. The lowest BCUT2D eigenvalue weighted by Crippen LogP contribution is -2.38. The monoisotopic (exact) mass is 263 g/mol. The summed E-state index contributed by atoms with van der Waals surface area (Å²) < 4.78 is 0. The van der Waals surface area contributed by atoms with Crippen molar-refractivity contribution in [3.05, 3.63) is 29.8 Å². The number of hydrogen-bond donors (Lipinski definition) is 2. The molecule has 0 radical (unpaired) electrons. The number of carbonyl (C=O) groups excluding carboxylic acids is 1. The minimum Gasteiger partial charge on any atom is -0.365 e. The maximum atomic E-state index is 11.7. The highest BCUT2D eigenvalue weighted by atomic mass is 16.2. The van der Waals surface area contributed by atoms with Crippen LogP contribution in [-0.2, 0) is 11.3 Å². The van der Waals surface area contributed by atoms with Gasteiger partial charge >= 0.3 is 0 Å². The minimum atomic E-state index is 0.0502. The number of amides is 1. The zero-order valence-corrected chi connectivity index (χ0v) is 12.4. The molecule has 1 rings (SSSR count). The van der Waals surface area contributed by atoms with Crippen molar-refractivity contribution >= 4 is 11.6 Å². The number of likely N-dealkylation sites (N-methyl/N-ethyl adjacent to an activating group) is 1. The van der Waals surface area contributed by atoms with E-state index in [1.807, 2.05) is 25.8 Å². The summed E-state index contributed by atoms with van der Waals surface area (Å²) in [6, 6.07) is 8.47. The molecule has 0 aliphatic heterocycles. The molecule has 106 valence electrons. The van der Waals surface area contributed by atoms with Gasteiger partial charge in [0.25, 0.3) is 0 Å². The fourth-order valence-electron chi connectivity index (χ4n) is 1.81. The van der Waals surface area contributed by atoms with Gasteiger partial charge in [0, 0.05) is 25.3 Å². The van der Waals surface area contributed by atoms with Crippen molar-refractivity contribution in [1.29, 1.82) is 0 Å². The van der Waals surface area contributed by atoms with Gasteiger partial charge in [0.15, 0.2) is 0 Å². The molecular formula is C15H25N3O. The molecule has 1 amide bonds. The predicted octanol–water partition coefficient (Wildman–Crippen LogP) is 1.76. The fourth-order valence-corrected chi connectivity index (χ4v) is 1.81. The van der Waals surface area contributed by atoms with E-state index in [-0.39, 0.29) is 11.9 Å². The molecule has 0 heterocycles. The summed E-state index contributed by atoms with van der Waals surface area (Å²) in [5.74, 6) is 0.0502. The standard InChI is InChI=1S/C15H25N3O/c1-5-16-10-13-6-8-14(9-7-13)18(4)11-15(19)17-12(2)3/h6-9,12,16H,5,10-11H2,1-4H3,(H,17,19). The number of carbonyl (C=O) groups is 1. The SMILES string of the molecule is CCNCc1ccc(N(C)CC(=O)NC(C)C)cc1. The topological polar surface area (TPSA) is 44.4 Å². The van der Waals surface area contributed by atoms with Crippen LogP contribution in [0.5, 0.6) is 0 Å². The Bertz CT molecular complexity index is 387. The van der Waals surface area contributed by atoms with Crippen LogP contribution in [0.1, 0.15) is 26.3 Å². The van der Waals surface area contributed by atoms with Gasteiger partial charge < -0.3 is 15.5 Å². The molecule has 0 aromatic heterocycles. The van der Waals surface area contributed by atoms with Gasteiger partial charge in [-0.25, -0.2) is 0 Å². The van der Waals surface area contributed by atoms with Crippen LogP contribution in [0.4, 0.5) is 5.69 Å². The summed E-state index contributed by atoms with van der Waals surface area (Å²) in [5, 5.41) is 6.18. The molecule has 4 nitrogen and oxygen atoms in total. The first kappa shape index (κ1) is 15.5. The summed E-state index contributed by atoms with van der Waals surface area (Å²) in [4.78, 5) is 13.6. The van der Waals surface area contributed by atoms with Crippen LogP contribution in [0.25, 0.3) is 0 Å². The molecule has 19 heavy (non-hydrogen) atoms. The zero-order valence-electron chi connectivity index (χ0n) is 12.4. The van der Waals surface area contributed by atoms with Gasteiger partial charge in [0.1, 0.15) is 0 Å². The molecule has 1 aromatic rings. The lowest BCUT2D eigenvalue weighted by atomic mass is 10.2. The Balaban J connectivity index is 2.52. The number of nitrogens with one attached hydrogen (secondary N) is 2. The van der Waals surface area contributed by atoms with E-state index in [9.17, 15) is 4.79 Å². The number of benzene rings is 1. The summed E-state index contributed by atoms with van der Waals surface area (Å²) in [7, 11) is 1.93. The van der Waals surface area contributed by atoms with Gasteiger partial charge in [-0.15, -0.1) is 0 Å². The van der Waals surface area contributed by atoms with Crippen molar-refractivity contribution in [2.75, 3.05) is 25.0 Å². The highest BCUT2D eigenvalue weighted by Gasteiger charge is 2.08. The van der Waals surface area contributed by atoms with E-state index in [0.717, 1.165) is 18.8 Å². The number of nitrogens with zero attached hydrogens (tertiary/aromatic N) is 1. The molecule has 0 saturated heterocycles. The van der Waals surface area contributed by atoms with Crippen molar-refractivity contribution in [2.45, 2.75) is 33.4 Å². The first-order valence-corrected chi connectivity index (χ1v) is 6.83. The van der Waals surface area contributed by atoms with Crippen molar-refractivity contribution in [3.63, 3.8) is 0 Å². The molecule has 0 spiro atoms. The van der Waals surface area contributed by atoms with E-state index < -0.39 is 0 Å². The molecule has 0 atom stereocenters. The van der Waals surface area contributed by atoms with Gasteiger partial charge in [-0.3, -0.25) is 4.79 Å². The van der Waals surface area contributed by atoms with E-state index >= 15 is 0 Å². The Morgan fingerprint density at radius 2 is 1.89 bits per heavy atom. The zero-order chi connectivity index (χ0) is 14.3. The Kier molecular flexibility index (Phi) is 6.36. The fraction of sp³-hybridized carbons (Fsp3) is 0.533. The highest BCUT2D eigenvalue weighted by molar-refractivity contribution is 5.81. The van der Waals surface area contributed by atoms with Gasteiger partial charge in [-0.05, 0) is 38.1 Å². The maximum absolute atomic E-state index is 11.7. The second kappa shape index (κ2) is 7.79. The lowest BCUT2D eigenvalue weighted by molar-refractivity contribution is -0.120. The van der Waals surface area contributed by atoms with Crippen molar-refractivity contribution in [3.8, 4) is 0 Å². The Labute approximate surface area is 116 Å². The van der Waals surface area contributed by atoms with E-state index in [2.05, 4.69) is 41.8 Å². The van der Waals surface area contributed by atoms with E-state index in [0.29, 0.717) is 6.54 Å². The van der Waals surface area contributed by atoms with Crippen LogP contribution in [0.2, 0.25) is 0 Å². The predicted molar refractivity (Wildman–Crippen MR) is 80.4 cm³/mol. The molecule has 4 heteroatoms. The molecule has 0 unspecified atom stereocenters. The molecule has 2 N–H and O–H groups in total. The van der Waals surface area contributed by atoms with Gasteiger partial charge in [-0.2, -0.15) is 0 Å². The Morgan fingerprint density at radius 3 is 2.42 bits per heavy atom. The van der Waals surface area contributed by atoms with Crippen molar-refractivity contribution in [1.82, 2.24) is 10.6 Å². The lowest BCUT2D eigenvalue weighted by Gasteiger charge is -2.20. The molecule has 0 bridgehead atoms. The maximum Gasteiger partial charge on any atom is 0.239 e. The number of hydrogen-bond acceptors (Lipinski definition) is 3. The van der Waals surface area contributed by atoms with Crippen LogP contribution < -0.4 is 15.5 Å². The summed E-state index contributed by atoms with van der Waals surface area (Å²) >= 11 is 0. The second-order valence-corrected chi connectivity index (χ2v) is 5.03. The highest BCUT2D eigenvalue weighted by Crippen LogP contribution is 2.13. The summed E-state index contributed by atoms with van der Waals surface area (Å²) in [5.41, 5.74) is 2.31. The van der Waals surface area contributed by atoms with Crippen LogP contribution in [0.15, 0.2) is 24.3 Å². The van der Waals surface area contributed by atoms with E-state index in [1.165, 1.54) is 5.56 Å². The first-order chi connectivity index (χ1) is 9.02. The smallest absolute Gasteiger partial charge is 0.239 e. The van der Waals surface area contributed by atoms with Gasteiger partial charge in [0.05, 0.1) is 6.54 Å². The van der Waals surface area contributed by atoms with Gasteiger partial charge in [-0.1, -0.05) is 19.1 Å². The van der Waals surface area contributed by atoms with Crippen molar-refractivity contribution < 1.29 is 4.79 Å².